The molecule has 1 aliphatic heterocycles. The van der Waals surface area contributed by atoms with Crippen molar-refractivity contribution in [3.63, 3.8) is 0 Å². The molecule has 3 aromatic carbocycles. The molecule has 0 saturated carbocycles. The van der Waals surface area contributed by atoms with Gasteiger partial charge in [0.1, 0.15) is 5.75 Å². The van der Waals surface area contributed by atoms with Crippen molar-refractivity contribution in [2.45, 2.75) is 53.7 Å². The third kappa shape index (κ3) is 5.88. The molecule has 1 aliphatic rings. The molecule has 0 N–H and O–H groups in total. The van der Waals surface area contributed by atoms with Gasteiger partial charge in [0.2, 0.25) is 0 Å². The molecular weight excluding hydrogens is 595 g/mol. The number of benzene rings is 3. The highest BCUT2D eigenvalue weighted by Crippen LogP contribution is 2.36. The Kier molecular flexibility index (Phi) is 8.65. The van der Waals surface area contributed by atoms with Gasteiger partial charge in [-0.3, -0.25) is 9.36 Å². The summed E-state index contributed by atoms with van der Waals surface area (Å²) in [5, 5.41) is 0. The van der Waals surface area contributed by atoms with Crippen molar-refractivity contribution >= 4 is 29.1 Å². The zero-order valence-corrected chi connectivity index (χ0v) is 27.7. The number of nitrogens with zero attached hydrogens (tertiary/aromatic N) is 3. The Morgan fingerprint density at radius 3 is 2.39 bits per heavy atom. The third-order valence-corrected chi connectivity index (χ3v) is 8.94. The smallest absolute Gasteiger partial charge is 0.338 e. The van der Waals surface area contributed by atoms with E-state index in [1.165, 1.54) is 16.9 Å². The van der Waals surface area contributed by atoms with E-state index in [4.69, 9.17) is 14.5 Å². The van der Waals surface area contributed by atoms with Crippen LogP contribution in [0.2, 0.25) is 0 Å². The van der Waals surface area contributed by atoms with Crippen molar-refractivity contribution in [2.75, 3.05) is 6.61 Å². The van der Waals surface area contributed by atoms with Crippen LogP contribution in [0, 0.1) is 20.8 Å². The molecule has 0 bridgehead atoms. The topological polar surface area (TPSA) is 74.8 Å². The van der Waals surface area contributed by atoms with Crippen LogP contribution in [0.3, 0.4) is 0 Å². The summed E-state index contributed by atoms with van der Waals surface area (Å²) in [7, 11) is 0. The molecule has 0 aliphatic carbocycles. The first kappa shape index (κ1) is 31.0. The van der Waals surface area contributed by atoms with Gasteiger partial charge in [-0.25, -0.2) is 9.79 Å². The van der Waals surface area contributed by atoms with Gasteiger partial charge in [-0.1, -0.05) is 65.9 Å². The van der Waals surface area contributed by atoms with Crippen molar-refractivity contribution in [1.29, 1.82) is 0 Å². The fourth-order valence-corrected chi connectivity index (χ4v) is 6.99. The molecule has 8 heteroatoms. The molecule has 0 radical (unpaired) electrons. The molecule has 0 spiro atoms. The summed E-state index contributed by atoms with van der Waals surface area (Å²) >= 11 is 1.32. The van der Waals surface area contributed by atoms with E-state index in [0.717, 1.165) is 33.8 Å². The first-order chi connectivity index (χ1) is 22.2. The third-order valence-electron chi connectivity index (χ3n) is 7.96. The van der Waals surface area contributed by atoms with Gasteiger partial charge in [-0.05, 0) is 94.6 Å². The Morgan fingerprint density at radius 1 is 0.978 bits per heavy atom. The Balaban J connectivity index is 1.58. The van der Waals surface area contributed by atoms with Crippen molar-refractivity contribution in [3.8, 4) is 11.4 Å². The quantitative estimate of drug-likeness (QED) is 0.185. The highest BCUT2D eigenvalue weighted by Gasteiger charge is 2.35. The molecule has 0 amide bonds. The lowest BCUT2D eigenvalue weighted by atomic mass is 9.93. The predicted octanol–water partition coefficient (Wildman–Crippen LogP) is 6.44. The van der Waals surface area contributed by atoms with Crippen LogP contribution in [0.4, 0.5) is 0 Å². The molecule has 5 aromatic rings. The second-order valence-corrected chi connectivity index (χ2v) is 12.7. The molecule has 0 unspecified atom stereocenters. The monoisotopic (exact) mass is 631 g/mol. The molecule has 3 heterocycles. The summed E-state index contributed by atoms with van der Waals surface area (Å²) < 4.78 is 15.9. The fraction of sp³-hybridized carbons (Fsp3) is 0.237. The SMILES string of the molecule is CCOC(=O)C1=C(c2ccccc2)N=c2s/c(=C\c3cc(C)n(-c4cccc(C)c4)c3C)c(=O)n2[C@@H]1c1ccc(OC(C)C)cc1. The van der Waals surface area contributed by atoms with Crippen LogP contribution in [0.15, 0.2) is 100 Å². The van der Waals surface area contributed by atoms with Gasteiger partial charge in [-0.2, -0.15) is 0 Å². The van der Waals surface area contributed by atoms with E-state index in [1.807, 2.05) is 80.6 Å². The number of fused-ring (bicyclic) bond motifs is 1. The maximum Gasteiger partial charge on any atom is 0.338 e. The predicted molar refractivity (Wildman–Crippen MR) is 183 cm³/mol. The molecule has 234 valence electrons. The number of aromatic nitrogens is 2. The minimum Gasteiger partial charge on any atom is -0.491 e. The van der Waals surface area contributed by atoms with E-state index in [0.29, 0.717) is 26.4 Å². The largest absolute Gasteiger partial charge is 0.491 e. The summed E-state index contributed by atoms with van der Waals surface area (Å²) in [5.41, 5.74) is 7.43. The van der Waals surface area contributed by atoms with Gasteiger partial charge in [0.05, 0.1) is 34.6 Å². The van der Waals surface area contributed by atoms with Crippen LogP contribution in [0.5, 0.6) is 5.75 Å². The maximum absolute atomic E-state index is 14.4. The van der Waals surface area contributed by atoms with E-state index in [2.05, 4.69) is 49.6 Å². The second-order valence-electron chi connectivity index (χ2n) is 11.7. The zero-order chi connectivity index (χ0) is 32.5. The fourth-order valence-electron chi connectivity index (χ4n) is 6.00. The molecule has 7 nitrogen and oxygen atoms in total. The van der Waals surface area contributed by atoms with E-state index in [9.17, 15) is 9.59 Å². The van der Waals surface area contributed by atoms with Gasteiger partial charge in [0, 0.05) is 22.6 Å². The summed E-state index contributed by atoms with van der Waals surface area (Å²) in [5.74, 6) is 0.202. The second kappa shape index (κ2) is 12.8. The maximum atomic E-state index is 14.4. The van der Waals surface area contributed by atoms with Gasteiger partial charge in [-0.15, -0.1) is 0 Å². The Bertz CT molecular complexity index is 2130. The van der Waals surface area contributed by atoms with Crippen LogP contribution < -0.4 is 19.6 Å². The number of aryl methyl sites for hydroxylation is 2. The molecular formula is C38H37N3O4S. The van der Waals surface area contributed by atoms with Crippen LogP contribution in [-0.4, -0.2) is 27.8 Å². The van der Waals surface area contributed by atoms with Crippen molar-refractivity contribution in [1.82, 2.24) is 9.13 Å². The van der Waals surface area contributed by atoms with Gasteiger partial charge >= 0.3 is 5.97 Å². The van der Waals surface area contributed by atoms with Gasteiger partial charge < -0.3 is 14.0 Å². The molecule has 6 rings (SSSR count). The van der Waals surface area contributed by atoms with Crippen LogP contribution in [0.25, 0.3) is 17.5 Å². The Morgan fingerprint density at radius 2 is 1.72 bits per heavy atom. The number of carbonyl (C=O) groups excluding carboxylic acids is 1. The van der Waals surface area contributed by atoms with Gasteiger partial charge in [0.15, 0.2) is 4.80 Å². The Labute approximate surface area is 272 Å². The summed E-state index contributed by atoms with van der Waals surface area (Å²) in [4.78, 5) is 33.6. The van der Waals surface area contributed by atoms with Crippen LogP contribution >= 0.6 is 11.3 Å². The highest BCUT2D eigenvalue weighted by atomic mass is 32.1. The average Bonchev–Trinajstić information content (AvgIpc) is 3.50. The molecule has 2 aromatic heterocycles. The molecule has 1 atom stereocenters. The first-order valence-electron chi connectivity index (χ1n) is 15.5. The number of rotatable bonds is 8. The lowest BCUT2D eigenvalue weighted by molar-refractivity contribution is -0.138. The molecule has 0 fully saturated rings. The lowest BCUT2D eigenvalue weighted by Crippen LogP contribution is -2.40. The summed E-state index contributed by atoms with van der Waals surface area (Å²) in [6, 6.07) is 26.8. The molecule has 46 heavy (non-hydrogen) atoms. The Hall–Kier alpha value is -4.95. The highest BCUT2D eigenvalue weighted by molar-refractivity contribution is 7.07. The van der Waals surface area contributed by atoms with E-state index in [-0.39, 0.29) is 18.3 Å². The minimum absolute atomic E-state index is 0.0102. The summed E-state index contributed by atoms with van der Waals surface area (Å²) in [6.07, 6.45) is 1.95. The van der Waals surface area contributed by atoms with Crippen molar-refractivity contribution in [2.24, 2.45) is 4.99 Å². The zero-order valence-electron chi connectivity index (χ0n) is 26.9. The first-order valence-corrected chi connectivity index (χ1v) is 16.3. The number of thiazole rings is 1. The lowest BCUT2D eigenvalue weighted by Gasteiger charge is -2.26. The van der Waals surface area contributed by atoms with Crippen molar-refractivity contribution < 1.29 is 14.3 Å². The van der Waals surface area contributed by atoms with Gasteiger partial charge in [0.25, 0.3) is 5.56 Å². The van der Waals surface area contributed by atoms with E-state index in [1.54, 1.807) is 11.5 Å². The number of hydrogen-bond donors (Lipinski definition) is 0. The molecule has 0 saturated heterocycles. The number of carbonyl (C=O) groups is 1. The van der Waals surface area contributed by atoms with Crippen LogP contribution in [0.1, 0.15) is 60.5 Å². The van der Waals surface area contributed by atoms with Crippen LogP contribution in [-0.2, 0) is 9.53 Å². The normalized spacial score (nSPS) is 14.8. The minimum atomic E-state index is -0.750. The number of ether oxygens (including phenoxy) is 2. The van der Waals surface area contributed by atoms with Crippen molar-refractivity contribution in [3.05, 3.63) is 144 Å². The standard InChI is InChI=1S/C38H37N3O4S/c1-7-44-37(43)33-34(27-13-9-8-10-14-27)39-38-41(35(33)28-16-18-31(19-17-28)45-23(2)3)36(42)32(46-38)22-29-21-25(5)40(26(29)6)30-15-11-12-24(4)20-30/h8-23,35H,7H2,1-6H3/b32-22-/t35-/m1/s1. The number of hydrogen-bond acceptors (Lipinski definition) is 6. The average molecular weight is 632 g/mol. The van der Waals surface area contributed by atoms with E-state index >= 15 is 0 Å². The summed E-state index contributed by atoms with van der Waals surface area (Å²) in [6.45, 7) is 12.1. The number of esters is 1. The van der Waals surface area contributed by atoms with E-state index < -0.39 is 12.0 Å².